The van der Waals surface area contributed by atoms with Crippen LogP contribution in [0.1, 0.15) is 76.4 Å². The number of nitrogens with zero attached hydrogens (tertiary/aromatic N) is 1. The molecule has 0 saturated heterocycles. The van der Waals surface area contributed by atoms with Crippen LogP contribution in [0, 0.1) is 0 Å². The molecule has 0 saturated carbocycles. The maximum Gasteiger partial charge on any atom is 0.0746 e. The molecule has 0 amide bonds. The topological polar surface area (TPSA) is 3.24 Å². The molecule has 1 nitrogen and oxygen atoms in total. The summed E-state index contributed by atoms with van der Waals surface area (Å²) in [5.41, 5.74) is 28.1. The van der Waals surface area contributed by atoms with Crippen molar-refractivity contribution in [3.05, 3.63) is 292 Å². The molecule has 9 aromatic carbocycles. The van der Waals surface area contributed by atoms with E-state index in [0.717, 1.165) is 17.1 Å². The van der Waals surface area contributed by atoms with Crippen molar-refractivity contribution in [1.82, 2.24) is 0 Å². The molecule has 0 fully saturated rings. The van der Waals surface area contributed by atoms with Gasteiger partial charge < -0.3 is 4.90 Å². The average molecular weight is 854 g/mol. The highest BCUT2D eigenvalue weighted by Gasteiger charge is 2.55. The van der Waals surface area contributed by atoms with Gasteiger partial charge in [0.1, 0.15) is 0 Å². The molecule has 0 aliphatic heterocycles. The van der Waals surface area contributed by atoms with Crippen molar-refractivity contribution >= 4 is 16.9 Å². The molecule has 9 aromatic rings. The van der Waals surface area contributed by atoms with Crippen LogP contribution in [0.4, 0.5) is 11.4 Å². The van der Waals surface area contributed by atoms with Gasteiger partial charge in [-0.3, -0.25) is 0 Å². The van der Waals surface area contributed by atoms with E-state index in [1.165, 1.54) is 111 Å². The average Bonchev–Trinajstić information content (AvgIpc) is 4.11. The third-order valence-electron chi connectivity index (χ3n) is 16.3. The van der Waals surface area contributed by atoms with Crippen LogP contribution in [-0.2, 0) is 16.2 Å². The Morgan fingerprint density at radius 2 is 0.731 bits per heavy atom. The second-order valence-electron chi connectivity index (χ2n) is 19.4. The molecular formula is C66H47N. The molecule has 14 rings (SSSR count). The Morgan fingerprint density at radius 3 is 1.21 bits per heavy atom. The summed E-state index contributed by atoms with van der Waals surface area (Å²) in [6.07, 6.45) is 4.50. The van der Waals surface area contributed by atoms with Gasteiger partial charge in [0.25, 0.3) is 0 Å². The summed E-state index contributed by atoms with van der Waals surface area (Å²) < 4.78 is 0. The highest BCUT2D eigenvalue weighted by atomic mass is 15.2. The number of benzene rings is 9. The lowest BCUT2D eigenvalue weighted by Crippen LogP contribution is -2.30. The zero-order valence-corrected chi connectivity index (χ0v) is 37.9. The van der Waals surface area contributed by atoms with Crippen molar-refractivity contribution in [1.29, 1.82) is 0 Å². The Kier molecular flexibility index (Phi) is 7.73. The predicted octanol–water partition coefficient (Wildman–Crippen LogP) is 16.3. The van der Waals surface area contributed by atoms with Gasteiger partial charge in [-0.25, -0.2) is 0 Å². The third-order valence-corrected chi connectivity index (χ3v) is 16.3. The standard InChI is InChI=1S/C66H47N/c1-5-43-44-21-8-18-32-58(44)66(59-33-19-12-24-47(59)48-25-13-20-34-60(48)66)63(43)62(6-2)67(41-36-38-54-52(39-41)50-27-7-14-28-53(50)64(54,3)4)42-35-37-51-49-26-11-17-31-57(49)65(61(51)40-42)55-29-15-9-22-45(55)46-23-10-16-30-56(46)65/h5-40H,2H2,1,3-4H3/b43-5-,63-62?. The Balaban J connectivity index is 1.12. The first-order valence-corrected chi connectivity index (χ1v) is 23.8. The monoisotopic (exact) mass is 853 g/mol. The number of allylic oxidation sites excluding steroid dienone is 4. The van der Waals surface area contributed by atoms with Crippen molar-refractivity contribution in [2.75, 3.05) is 4.90 Å². The Labute approximate surface area is 393 Å². The summed E-state index contributed by atoms with van der Waals surface area (Å²) in [7, 11) is 0. The lowest BCUT2D eigenvalue weighted by molar-refractivity contribution is 0.660. The van der Waals surface area contributed by atoms with Gasteiger partial charge in [0.05, 0.1) is 16.5 Å². The Bertz CT molecular complexity index is 3610. The number of anilines is 2. The van der Waals surface area contributed by atoms with E-state index in [1.807, 2.05) is 0 Å². The molecule has 2 spiro atoms. The van der Waals surface area contributed by atoms with Crippen LogP contribution in [-0.4, -0.2) is 0 Å². The van der Waals surface area contributed by atoms with E-state index in [2.05, 4.69) is 244 Å². The van der Waals surface area contributed by atoms with Gasteiger partial charge in [0.15, 0.2) is 0 Å². The van der Waals surface area contributed by atoms with E-state index in [9.17, 15) is 0 Å². The minimum atomic E-state index is -0.601. The minimum Gasteiger partial charge on any atom is -0.310 e. The molecule has 67 heavy (non-hydrogen) atoms. The summed E-state index contributed by atoms with van der Waals surface area (Å²) in [6.45, 7) is 11.8. The Hall–Kier alpha value is -8.00. The van der Waals surface area contributed by atoms with Gasteiger partial charge in [-0.2, -0.15) is 0 Å². The van der Waals surface area contributed by atoms with Crippen molar-refractivity contribution in [3.8, 4) is 44.5 Å². The van der Waals surface area contributed by atoms with Crippen LogP contribution in [0.5, 0.6) is 0 Å². The normalized spacial score (nSPS) is 17.2. The molecule has 0 aromatic heterocycles. The largest absolute Gasteiger partial charge is 0.310 e. The van der Waals surface area contributed by atoms with E-state index < -0.39 is 10.8 Å². The molecule has 0 heterocycles. The number of hydrogen-bond donors (Lipinski definition) is 0. The molecule has 0 bridgehead atoms. The smallest absolute Gasteiger partial charge is 0.0746 e. The highest BCUT2D eigenvalue weighted by Crippen LogP contribution is 2.67. The van der Waals surface area contributed by atoms with Crippen LogP contribution in [0.3, 0.4) is 0 Å². The molecular weight excluding hydrogens is 807 g/mol. The zero-order valence-electron chi connectivity index (χ0n) is 37.9. The first-order chi connectivity index (χ1) is 32.9. The van der Waals surface area contributed by atoms with Gasteiger partial charge in [-0.1, -0.05) is 208 Å². The van der Waals surface area contributed by atoms with E-state index >= 15 is 0 Å². The van der Waals surface area contributed by atoms with Crippen LogP contribution < -0.4 is 4.90 Å². The molecule has 5 aliphatic carbocycles. The van der Waals surface area contributed by atoms with Crippen LogP contribution in [0.25, 0.3) is 50.1 Å². The fourth-order valence-corrected chi connectivity index (χ4v) is 13.7. The van der Waals surface area contributed by atoms with Crippen LogP contribution in [0.2, 0.25) is 0 Å². The summed E-state index contributed by atoms with van der Waals surface area (Å²) in [5.74, 6) is 0. The van der Waals surface area contributed by atoms with Gasteiger partial charge in [-0.15, -0.1) is 0 Å². The number of fused-ring (bicyclic) bond motifs is 20. The summed E-state index contributed by atoms with van der Waals surface area (Å²) in [5, 5.41) is 0. The van der Waals surface area contributed by atoms with E-state index in [4.69, 9.17) is 6.58 Å². The van der Waals surface area contributed by atoms with Gasteiger partial charge in [0.2, 0.25) is 0 Å². The fourth-order valence-electron chi connectivity index (χ4n) is 13.7. The first kappa shape index (κ1) is 38.3. The molecule has 0 unspecified atom stereocenters. The van der Waals surface area contributed by atoms with Crippen LogP contribution >= 0.6 is 0 Å². The van der Waals surface area contributed by atoms with Crippen molar-refractivity contribution < 1.29 is 0 Å². The van der Waals surface area contributed by atoms with Crippen molar-refractivity contribution in [2.45, 2.75) is 37.0 Å². The molecule has 0 atom stereocenters. The quantitative estimate of drug-likeness (QED) is 0.170. The van der Waals surface area contributed by atoms with Gasteiger partial charge in [-0.05, 0) is 143 Å². The minimum absolute atomic E-state index is 0.128. The second-order valence-corrected chi connectivity index (χ2v) is 19.4. The molecule has 5 aliphatic rings. The Morgan fingerprint density at radius 1 is 0.373 bits per heavy atom. The first-order valence-electron chi connectivity index (χ1n) is 23.8. The summed E-state index contributed by atoms with van der Waals surface area (Å²) in [6, 6.07) is 78.2. The molecule has 316 valence electrons. The van der Waals surface area contributed by atoms with E-state index in [-0.39, 0.29) is 5.41 Å². The van der Waals surface area contributed by atoms with E-state index in [1.54, 1.807) is 0 Å². The molecule has 0 N–H and O–H groups in total. The molecule has 0 radical (unpaired) electrons. The van der Waals surface area contributed by atoms with Crippen molar-refractivity contribution in [2.24, 2.45) is 0 Å². The SMILES string of the molecule is C=CC(=C1/C(=C\C)c2ccccc2C12c1ccccc1-c1ccccc12)N(c1ccc2c(c1)-c1ccccc1C2(C)C)c1ccc2c(c1)C1(c3ccccc3-c3ccccc31)c1ccccc1-2. The fraction of sp³-hybridized carbons (Fsp3) is 0.0909. The maximum atomic E-state index is 4.82. The third kappa shape index (κ3) is 4.59. The highest BCUT2D eigenvalue weighted by molar-refractivity contribution is 6.02. The maximum absolute atomic E-state index is 4.82. The zero-order chi connectivity index (χ0) is 44.8. The van der Waals surface area contributed by atoms with E-state index in [0.29, 0.717) is 0 Å². The second kappa shape index (κ2) is 13.5. The number of hydrogen-bond acceptors (Lipinski definition) is 1. The van der Waals surface area contributed by atoms with Gasteiger partial charge in [0, 0.05) is 22.4 Å². The van der Waals surface area contributed by atoms with Gasteiger partial charge >= 0.3 is 0 Å². The summed E-state index contributed by atoms with van der Waals surface area (Å²) >= 11 is 0. The lowest BCUT2D eigenvalue weighted by atomic mass is 9.69. The van der Waals surface area contributed by atoms with Crippen molar-refractivity contribution in [3.63, 3.8) is 0 Å². The lowest BCUT2D eigenvalue weighted by Gasteiger charge is -2.37. The van der Waals surface area contributed by atoms with Crippen LogP contribution in [0.15, 0.2) is 236 Å². The molecule has 1 heteroatoms. The number of rotatable bonds is 4. The summed E-state index contributed by atoms with van der Waals surface area (Å²) in [4.78, 5) is 2.56. The predicted molar refractivity (Wildman–Crippen MR) is 278 cm³/mol.